The number of carbonyl (C=O) groups is 1. The summed E-state index contributed by atoms with van der Waals surface area (Å²) in [5.74, 6) is 0.361. The monoisotopic (exact) mass is 428 g/mol. The predicted octanol–water partition coefficient (Wildman–Crippen LogP) is 4.75. The van der Waals surface area contributed by atoms with Crippen molar-refractivity contribution >= 4 is 53.1 Å². The number of halogens is 2. The van der Waals surface area contributed by atoms with E-state index in [0.717, 1.165) is 23.5 Å². The zero-order valence-electron chi connectivity index (χ0n) is 14.4. The summed E-state index contributed by atoms with van der Waals surface area (Å²) in [7, 11) is 1.42. The first-order valence-corrected chi connectivity index (χ1v) is 9.31. The molecule has 0 saturated carbocycles. The fourth-order valence-corrected chi connectivity index (χ4v) is 2.54. The van der Waals surface area contributed by atoms with Crippen LogP contribution < -0.4 is 14.8 Å². The molecule has 0 fully saturated rings. The molecule has 0 aliphatic rings. The smallest absolute Gasteiger partial charge is 0.258 e. The van der Waals surface area contributed by atoms with Crippen molar-refractivity contribution in [1.29, 1.82) is 0 Å². The van der Waals surface area contributed by atoms with E-state index in [4.69, 9.17) is 27.9 Å². The molecule has 0 atom stereocenters. The summed E-state index contributed by atoms with van der Waals surface area (Å²) < 4.78 is 13.0. The fraction of sp³-hybridized carbons (Fsp3) is 0.167. The number of hydrogen-bond donors (Lipinski definition) is 2. The van der Waals surface area contributed by atoms with Crippen molar-refractivity contribution in [2.75, 3.05) is 25.0 Å². The highest BCUT2D eigenvalue weighted by Crippen LogP contribution is 2.23. The van der Waals surface area contributed by atoms with Crippen LogP contribution in [0.5, 0.6) is 5.75 Å². The van der Waals surface area contributed by atoms with Gasteiger partial charge in [-0.2, -0.15) is 0 Å². The SMILES string of the molecule is COOSNc1ccc(OCC(=O)NC/C=C/c2ccc(Cl)c(Cl)c2)cc1. The first-order chi connectivity index (χ1) is 13.1. The van der Waals surface area contributed by atoms with Crippen molar-refractivity contribution in [2.24, 2.45) is 0 Å². The van der Waals surface area contributed by atoms with Crippen LogP contribution in [-0.2, 0) is 14.0 Å². The number of hydrogen-bond acceptors (Lipinski definition) is 6. The lowest BCUT2D eigenvalue weighted by Crippen LogP contribution is -2.28. The molecule has 6 nitrogen and oxygen atoms in total. The highest BCUT2D eigenvalue weighted by atomic mass is 35.5. The van der Waals surface area contributed by atoms with E-state index in [1.807, 2.05) is 18.2 Å². The molecule has 1 amide bonds. The second-order valence-corrected chi connectivity index (χ2v) is 6.43. The highest BCUT2D eigenvalue weighted by molar-refractivity contribution is 7.95. The number of anilines is 1. The number of benzene rings is 2. The van der Waals surface area contributed by atoms with Crippen LogP contribution in [0.15, 0.2) is 48.5 Å². The molecular weight excluding hydrogens is 411 g/mol. The van der Waals surface area contributed by atoms with Gasteiger partial charge in [0, 0.05) is 12.2 Å². The van der Waals surface area contributed by atoms with Crippen LogP contribution >= 0.6 is 35.4 Å². The van der Waals surface area contributed by atoms with Crippen molar-refractivity contribution in [1.82, 2.24) is 5.32 Å². The molecule has 0 bridgehead atoms. The first kappa shape index (κ1) is 21.4. The van der Waals surface area contributed by atoms with Gasteiger partial charge in [-0.3, -0.25) is 4.79 Å². The fourth-order valence-electron chi connectivity index (χ4n) is 1.90. The molecule has 144 valence electrons. The van der Waals surface area contributed by atoms with E-state index < -0.39 is 0 Å². The normalized spacial score (nSPS) is 10.8. The summed E-state index contributed by atoms with van der Waals surface area (Å²) >= 11 is 12.8. The van der Waals surface area contributed by atoms with E-state index >= 15 is 0 Å². The van der Waals surface area contributed by atoms with Gasteiger partial charge in [0.25, 0.3) is 5.91 Å². The second-order valence-electron chi connectivity index (χ2n) is 5.11. The first-order valence-electron chi connectivity index (χ1n) is 7.82. The topological polar surface area (TPSA) is 68.8 Å². The Labute approximate surface area is 172 Å². The van der Waals surface area contributed by atoms with Gasteiger partial charge in [0.2, 0.25) is 0 Å². The van der Waals surface area contributed by atoms with Crippen LogP contribution in [-0.4, -0.2) is 26.2 Å². The van der Waals surface area contributed by atoms with Crippen LogP contribution in [0.25, 0.3) is 6.08 Å². The van der Waals surface area contributed by atoms with Gasteiger partial charge in [-0.1, -0.05) is 41.4 Å². The van der Waals surface area contributed by atoms with Crippen molar-refractivity contribution in [3.63, 3.8) is 0 Å². The minimum absolute atomic E-state index is 0.0745. The maximum Gasteiger partial charge on any atom is 0.258 e. The Morgan fingerprint density at radius 2 is 1.93 bits per heavy atom. The van der Waals surface area contributed by atoms with Gasteiger partial charge < -0.3 is 14.8 Å². The molecule has 0 aliphatic carbocycles. The molecular formula is C18H18Cl2N2O4S. The van der Waals surface area contributed by atoms with E-state index in [0.29, 0.717) is 22.3 Å². The van der Waals surface area contributed by atoms with Crippen molar-refractivity contribution < 1.29 is 18.8 Å². The van der Waals surface area contributed by atoms with Crippen molar-refractivity contribution in [3.05, 3.63) is 64.1 Å². The lowest BCUT2D eigenvalue weighted by Gasteiger charge is -2.07. The molecule has 2 aromatic carbocycles. The Morgan fingerprint density at radius 3 is 2.63 bits per heavy atom. The zero-order chi connectivity index (χ0) is 19.5. The van der Waals surface area contributed by atoms with E-state index in [1.165, 1.54) is 7.11 Å². The molecule has 0 aromatic heterocycles. The number of carbonyl (C=O) groups excluding carboxylic acids is 1. The summed E-state index contributed by atoms with van der Waals surface area (Å²) in [5.41, 5.74) is 1.71. The summed E-state index contributed by atoms with van der Waals surface area (Å²) in [4.78, 5) is 16.3. The molecule has 0 saturated heterocycles. The van der Waals surface area contributed by atoms with Crippen molar-refractivity contribution in [2.45, 2.75) is 0 Å². The molecule has 0 unspecified atom stereocenters. The van der Waals surface area contributed by atoms with Crippen LogP contribution in [0.2, 0.25) is 10.0 Å². The number of nitrogens with one attached hydrogen (secondary N) is 2. The maximum atomic E-state index is 11.8. The molecule has 0 spiro atoms. The van der Waals surface area contributed by atoms with Crippen LogP contribution in [0.1, 0.15) is 5.56 Å². The van der Waals surface area contributed by atoms with Gasteiger partial charge in [-0.15, -0.1) is 4.33 Å². The molecule has 27 heavy (non-hydrogen) atoms. The number of rotatable bonds is 10. The molecule has 0 aliphatic heterocycles. The standard InChI is InChI=1S/C18H18Cl2N2O4S/c1-24-26-27-22-14-5-7-15(8-6-14)25-12-18(23)21-10-2-3-13-4-9-16(19)17(20)11-13/h2-9,11,22H,10,12H2,1H3,(H,21,23)/b3-2+. The molecule has 2 aromatic rings. The lowest BCUT2D eigenvalue weighted by molar-refractivity contribution is -0.159. The van der Waals surface area contributed by atoms with Crippen LogP contribution in [0.3, 0.4) is 0 Å². The predicted molar refractivity (Wildman–Crippen MR) is 110 cm³/mol. The molecule has 2 rings (SSSR count). The molecule has 0 heterocycles. The number of amides is 1. The van der Waals surface area contributed by atoms with Crippen molar-refractivity contribution in [3.8, 4) is 5.75 Å². The largest absolute Gasteiger partial charge is 0.484 e. The summed E-state index contributed by atoms with van der Waals surface area (Å²) in [5, 5.41) is 3.73. The Morgan fingerprint density at radius 1 is 1.15 bits per heavy atom. The van der Waals surface area contributed by atoms with E-state index in [2.05, 4.69) is 19.3 Å². The Kier molecular flexibility index (Phi) is 9.30. The zero-order valence-corrected chi connectivity index (χ0v) is 16.7. The maximum absolute atomic E-state index is 11.8. The number of ether oxygens (including phenoxy) is 1. The summed E-state index contributed by atoms with van der Waals surface area (Å²) in [6, 6.07) is 12.4. The quantitative estimate of drug-likeness (QED) is 0.187. The summed E-state index contributed by atoms with van der Waals surface area (Å²) in [6.07, 6.45) is 3.66. The molecule has 9 heteroatoms. The third-order valence-corrected chi connectivity index (χ3v) is 4.42. The Hall–Kier alpha value is -1.90. The lowest BCUT2D eigenvalue weighted by atomic mass is 10.2. The Bertz CT molecular complexity index is 772. The minimum atomic E-state index is -0.222. The molecule has 2 N–H and O–H groups in total. The van der Waals surface area contributed by atoms with Gasteiger partial charge in [-0.05, 0) is 42.0 Å². The summed E-state index contributed by atoms with van der Waals surface area (Å²) in [6.45, 7) is 0.303. The third-order valence-electron chi connectivity index (χ3n) is 3.16. The minimum Gasteiger partial charge on any atom is -0.484 e. The van der Waals surface area contributed by atoms with Crippen LogP contribution in [0.4, 0.5) is 5.69 Å². The average Bonchev–Trinajstić information content (AvgIpc) is 2.67. The average molecular weight is 429 g/mol. The Balaban J connectivity index is 1.68. The van der Waals surface area contributed by atoms with Gasteiger partial charge in [-0.25, -0.2) is 4.89 Å². The van der Waals surface area contributed by atoms with Gasteiger partial charge in [0.15, 0.2) is 6.61 Å². The van der Waals surface area contributed by atoms with Gasteiger partial charge in [0.1, 0.15) is 18.0 Å². The van der Waals surface area contributed by atoms with E-state index in [9.17, 15) is 4.79 Å². The second kappa shape index (κ2) is 11.7. The van der Waals surface area contributed by atoms with Gasteiger partial charge in [0.05, 0.1) is 17.2 Å². The van der Waals surface area contributed by atoms with E-state index in [-0.39, 0.29) is 12.5 Å². The third kappa shape index (κ3) is 8.11. The molecule has 0 radical (unpaired) electrons. The van der Waals surface area contributed by atoms with Gasteiger partial charge >= 0.3 is 0 Å². The van der Waals surface area contributed by atoms with Crippen LogP contribution in [0, 0.1) is 0 Å². The highest BCUT2D eigenvalue weighted by Gasteiger charge is 2.02. The van der Waals surface area contributed by atoms with E-state index in [1.54, 1.807) is 36.4 Å².